The van der Waals surface area contributed by atoms with Crippen molar-refractivity contribution < 1.29 is 23.9 Å². The number of benzene rings is 3. The van der Waals surface area contributed by atoms with Gasteiger partial charge in [0, 0.05) is 21.7 Å². The molecule has 0 aliphatic rings. The number of carbonyl (C=O) groups excluding carboxylic acids is 3. The molecule has 0 bridgehead atoms. The van der Waals surface area contributed by atoms with E-state index in [-0.39, 0.29) is 17.4 Å². The number of rotatable bonds is 11. The summed E-state index contributed by atoms with van der Waals surface area (Å²) in [5, 5.41) is 17.2. The van der Waals surface area contributed by atoms with Crippen molar-refractivity contribution in [2.75, 3.05) is 30.6 Å². The van der Waals surface area contributed by atoms with Crippen LogP contribution < -0.4 is 25.4 Å². The van der Waals surface area contributed by atoms with Crippen LogP contribution in [-0.2, 0) is 9.59 Å². The standard InChI is InChI=1S/C29H27N5O5S2/c1-18-33-34-29(41-18)32-26(35)17-40-23-11-7-10-21(16-23)30-28(37)24(31-27(36)19-8-5-4-6-9-19)15-20-14-22(38-2)12-13-25(20)39-3/h4-16H,17H2,1-3H3,(H,30,37)(H,31,36)(H,32,34,35)/b24-15+. The minimum absolute atomic E-state index is 0.00445. The van der Waals surface area contributed by atoms with Crippen molar-refractivity contribution in [1.29, 1.82) is 0 Å². The lowest BCUT2D eigenvalue weighted by Gasteiger charge is -2.13. The number of aryl methyl sites for hydroxylation is 1. The molecule has 4 aromatic rings. The SMILES string of the molecule is COc1ccc(OC)c(/C=C(/NC(=O)c2ccccc2)C(=O)Nc2cccc(SCC(=O)Nc3nnc(C)s3)c2)c1. The summed E-state index contributed by atoms with van der Waals surface area (Å²) >= 11 is 2.60. The molecule has 0 radical (unpaired) electrons. The summed E-state index contributed by atoms with van der Waals surface area (Å²) < 4.78 is 10.8. The van der Waals surface area contributed by atoms with E-state index in [1.807, 2.05) is 13.0 Å². The van der Waals surface area contributed by atoms with E-state index in [0.717, 1.165) is 9.90 Å². The van der Waals surface area contributed by atoms with E-state index in [1.54, 1.807) is 66.7 Å². The molecule has 0 spiro atoms. The normalized spacial score (nSPS) is 11.0. The molecule has 0 fully saturated rings. The minimum Gasteiger partial charge on any atom is -0.497 e. The highest BCUT2D eigenvalue weighted by atomic mass is 32.2. The summed E-state index contributed by atoms with van der Waals surface area (Å²) in [6.45, 7) is 1.81. The molecule has 3 amide bonds. The number of methoxy groups -OCH3 is 2. The molecule has 41 heavy (non-hydrogen) atoms. The molecule has 4 rings (SSSR count). The number of nitrogens with zero attached hydrogens (tertiary/aromatic N) is 2. The van der Waals surface area contributed by atoms with Crippen LogP contribution in [0, 0.1) is 6.92 Å². The van der Waals surface area contributed by atoms with Crippen LogP contribution >= 0.6 is 23.1 Å². The first kappa shape index (κ1) is 29.3. The van der Waals surface area contributed by atoms with E-state index in [1.165, 1.54) is 43.4 Å². The first-order chi connectivity index (χ1) is 19.8. The van der Waals surface area contributed by atoms with Crippen LogP contribution in [0.5, 0.6) is 11.5 Å². The van der Waals surface area contributed by atoms with Gasteiger partial charge in [-0.3, -0.25) is 19.7 Å². The Kier molecular flexibility index (Phi) is 10.1. The maximum absolute atomic E-state index is 13.5. The van der Waals surface area contributed by atoms with Gasteiger partial charge < -0.3 is 20.1 Å². The molecule has 0 atom stereocenters. The zero-order chi connectivity index (χ0) is 29.2. The van der Waals surface area contributed by atoms with Crippen LogP contribution in [0.4, 0.5) is 10.8 Å². The minimum atomic E-state index is -0.550. The fourth-order valence-electron chi connectivity index (χ4n) is 3.56. The maximum Gasteiger partial charge on any atom is 0.272 e. The van der Waals surface area contributed by atoms with Gasteiger partial charge >= 0.3 is 0 Å². The van der Waals surface area contributed by atoms with Gasteiger partial charge in [-0.2, -0.15) is 0 Å². The number of anilines is 2. The van der Waals surface area contributed by atoms with E-state index in [2.05, 4.69) is 26.1 Å². The molecule has 10 nitrogen and oxygen atoms in total. The van der Waals surface area contributed by atoms with Crippen molar-refractivity contribution in [3.05, 3.63) is 94.6 Å². The van der Waals surface area contributed by atoms with Crippen LogP contribution in [0.3, 0.4) is 0 Å². The van der Waals surface area contributed by atoms with Crippen molar-refractivity contribution in [1.82, 2.24) is 15.5 Å². The maximum atomic E-state index is 13.5. The highest BCUT2D eigenvalue weighted by Gasteiger charge is 2.17. The van der Waals surface area contributed by atoms with E-state index in [4.69, 9.17) is 9.47 Å². The summed E-state index contributed by atoms with van der Waals surface area (Å²) in [6.07, 6.45) is 1.52. The zero-order valence-electron chi connectivity index (χ0n) is 22.5. The van der Waals surface area contributed by atoms with Gasteiger partial charge in [0.15, 0.2) is 0 Å². The number of thioether (sulfide) groups is 1. The number of amides is 3. The summed E-state index contributed by atoms with van der Waals surface area (Å²) in [4.78, 5) is 39.5. The van der Waals surface area contributed by atoms with Crippen molar-refractivity contribution in [3.8, 4) is 11.5 Å². The molecular formula is C29H27N5O5S2. The Morgan fingerprint density at radius 2 is 1.73 bits per heavy atom. The first-order valence-corrected chi connectivity index (χ1v) is 14.1. The van der Waals surface area contributed by atoms with Gasteiger partial charge in [-0.1, -0.05) is 35.6 Å². The monoisotopic (exact) mass is 589 g/mol. The lowest BCUT2D eigenvalue weighted by Crippen LogP contribution is -2.30. The molecule has 0 aliphatic heterocycles. The molecule has 0 saturated heterocycles. The molecule has 0 aliphatic carbocycles. The summed E-state index contributed by atoms with van der Waals surface area (Å²) in [5.74, 6) is -0.0296. The predicted molar refractivity (Wildman–Crippen MR) is 161 cm³/mol. The highest BCUT2D eigenvalue weighted by molar-refractivity contribution is 8.00. The lowest BCUT2D eigenvalue weighted by molar-refractivity contribution is -0.114. The third-order valence-corrected chi connectivity index (χ3v) is 7.25. The van der Waals surface area contributed by atoms with E-state index in [0.29, 0.717) is 33.4 Å². The number of hydrogen-bond acceptors (Lipinski definition) is 9. The summed E-state index contributed by atoms with van der Waals surface area (Å²) in [7, 11) is 3.05. The van der Waals surface area contributed by atoms with Crippen LogP contribution in [0.2, 0.25) is 0 Å². The summed E-state index contributed by atoms with van der Waals surface area (Å²) in [5.41, 5.74) is 1.41. The van der Waals surface area contributed by atoms with E-state index in [9.17, 15) is 14.4 Å². The molecule has 1 heterocycles. The Hall–Kier alpha value is -4.68. The number of carbonyl (C=O) groups is 3. The topological polar surface area (TPSA) is 132 Å². The molecule has 3 N–H and O–H groups in total. The van der Waals surface area contributed by atoms with Gasteiger partial charge in [0.25, 0.3) is 11.8 Å². The second-order valence-electron chi connectivity index (χ2n) is 8.43. The molecule has 3 aromatic carbocycles. The van der Waals surface area contributed by atoms with E-state index < -0.39 is 11.8 Å². The Bertz CT molecular complexity index is 1570. The quantitative estimate of drug-likeness (QED) is 0.164. The van der Waals surface area contributed by atoms with Gasteiger partial charge in [-0.15, -0.1) is 22.0 Å². The summed E-state index contributed by atoms with van der Waals surface area (Å²) in [6, 6.07) is 20.8. The average molecular weight is 590 g/mol. The third-order valence-electron chi connectivity index (χ3n) is 5.50. The number of hydrogen-bond donors (Lipinski definition) is 3. The van der Waals surface area contributed by atoms with Crippen molar-refractivity contribution in [3.63, 3.8) is 0 Å². The molecule has 0 saturated carbocycles. The Morgan fingerprint density at radius 3 is 2.44 bits per heavy atom. The third kappa shape index (κ3) is 8.40. The zero-order valence-corrected chi connectivity index (χ0v) is 24.1. The smallest absolute Gasteiger partial charge is 0.272 e. The Morgan fingerprint density at radius 1 is 0.927 bits per heavy atom. The van der Waals surface area contributed by atoms with Crippen LogP contribution in [0.25, 0.3) is 6.08 Å². The molecule has 12 heteroatoms. The van der Waals surface area contributed by atoms with Gasteiger partial charge in [0.1, 0.15) is 22.2 Å². The van der Waals surface area contributed by atoms with Gasteiger partial charge in [-0.25, -0.2) is 0 Å². The first-order valence-electron chi connectivity index (χ1n) is 12.3. The van der Waals surface area contributed by atoms with Gasteiger partial charge in [0.2, 0.25) is 11.0 Å². The van der Waals surface area contributed by atoms with Crippen LogP contribution in [0.15, 0.2) is 83.4 Å². The van der Waals surface area contributed by atoms with E-state index >= 15 is 0 Å². The van der Waals surface area contributed by atoms with Crippen LogP contribution in [-0.4, -0.2) is 47.9 Å². The second-order valence-corrected chi connectivity index (χ2v) is 10.7. The number of ether oxygens (including phenoxy) is 2. The largest absolute Gasteiger partial charge is 0.497 e. The highest BCUT2D eigenvalue weighted by Crippen LogP contribution is 2.27. The lowest BCUT2D eigenvalue weighted by atomic mass is 10.1. The molecule has 1 aromatic heterocycles. The molecule has 210 valence electrons. The predicted octanol–water partition coefficient (Wildman–Crippen LogP) is 5.00. The van der Waals surface area contributed by atoms with Gasteiger partial charge in [-0.05, 0) is 61.5 Å². The van der Waals surface area contributed by atoms with Crippen molar-refractivity contribution in [2.45, 2.75) is 11.8 Å². The fourth-order valence-corrected chi connectivity index (χ4v) is 4.93. The molecular weight excluding hydrogens is 562 g/mol. The molecule has 0 unspecified atom stereocenters. The number of nitrogens with one attached hydrogen (secondary N) is 3. The Balaban J connectivity index is 1.52. The second kappa shape index (κ2) is 14.1. The Labute approximate surface area is 245 Å². The van der Waals surface area contributed by atoms with Crippen LogP contribution in [0.1, 0.15) is 20.9 Å². The number of aromatic nitrogens is 2. The van der Waals surface area contributed by atoms with Gasteiger partial charge in [0.05, 0.1) is 20.0 Å². The van der Waals surface area contributed by atoms with Crippen molar-refractivity contribution >= 4 is 57.7 Å². The fraction of sp³-hybridized carbons (Fsp3) is 0.138. The average Bonchev–Trinajstić information content (AvgIpc) is 3.40. The van der Waals surface area contributed by atoms with Crippen molar-refractivity contribution in [2.24, 2.45) is 0 Å².